The number of alkyl halides is 1. The Kier molecular flexibility index (Phi) is 4.39. The van der Waals surface area contributed by atoms with Crippen molar-refractivity contribution in [1.82, 2.24) is 5.32 Å². The zero-order valence-corrected chi connectivity index (χ0v) is 13.4. The third-order valence-electron chi connectivity index (χ3n) is 4.05. The SMILES string of the molecule is O=C(NC1CCc2ccccc2C1)c1ccc(CBr)cc1. The molecule has 108 valence electrons. The molecule has 1 atom stereocenters. The molecule has 0 saturated heterocycles. The quantitative estimate of drug-likeness (QED) is 0.842. The number of hydrogen-bond donors (Lipinski definition) is 1. The molecule has 2 aromatic carbocycles. The summed E-state index contributed by atoms with van der Waals surface area (Å²) in [6.45, 7) is 0. The minimum absolute atomic E-state index is 0.0282. The van der Waals surface area contributed by atoms with Gasteiger partial charge in [-0.05, 0) is 48.1 Å². The molecule has 2 nitrogen and oxygen atoms in total. The largest absolute Gasteiger partial charge is 0.349 e. The summed E-state index contributed by atoms with van der Waals surface area (Å²) in [5.74, 6) is 0.0282. The summed E-state index contributed by atoms with van der Waals surface area (Å²) in [5, 5.41) is 3.98. The molecule has 2 aromatic rings. The van der Waals surface area contributed by atoms with E-state index < -0.39 is 0 Å². The lowest BCUT2D eigenvalue weighted by molar-refractivity contribution is 0.0933. The predicted molar refractivity (Wildman–Crippen MR) is 88.8 cm³/mol. The van der Waals surface area contributed by atoms with Crippen LogP contribution in [-0.2, 0) is 18.2 Å². The Bertz CT molecular complexity index is 636. The van der Waals surface area contributed by atoms with E-state index in [4.69, 9.17) is 0 Å². The van der Waals surface area contributed by atoms with E-state index in [0.29, 0.717) is 0 Å². The van der Waals surface area contributed by atoms with Crippen LogP contribution in [0.3, 0.4) is 0 Å². The molecule has 0 heterocycles. The Labute approximate surface area is 133 Å². The van der Waals surface area contributed by atoms with E-state index >= 15 is 0 Å². The van der Waals surface area contributed by atoms with Crippen LogP contribution < -0.4 is 5.32 Å². The highest BCUT2D eigenvalue weighted by Crippen LogP contribution is 2.21. The van der Waals surface area contributed by atoms with Gasteiger partial charge in [0.15, 0.2) is 0 Å². The summed E-state index contributed by atoms with van der Waals surface area (Å²) in [7, 11) is 0. The van der Waals surface area contributed by atoms with Crippen molar-refractivity contribution in [3.05, 3.63) is 70.8 Å². The first-order chi connectivity index (χ1) is 10.3. The molecule has 21 heavy (non-hydrogen) atoms. The highest BCUT2D eigenvalue weighted by Gasteiger charge is 2.20. The summed E-state index contributed by atoms with van der Waals surface area (Å²) < 4.78 is 0. The molecule has 1 aliphatic rings. The number of amides is 1. The maximum absolute atomic E-state index is 12.3. The Balaban J connectivity index is 1.65. The van der Waals surface area contributed by atoms with Crippen LogP contribution in [0.1, 0.15) is 33.5 Å². The first-order valence-electron chi connectivity index (χ1n) is 7.29. The fraction of sp³-hybridized carbons (Fsp3) is 0.278. The molecule has 0 bridgehead atoms. The third kappa shape index (κ3) is 3.35. The van der Waals surface area contributed by atoms with Crippen molar-refractivity contribution >= 4 is 21.8 Å². The second-order valence-electron chi connectivity index (χ2n) is 5.51. The van der Waals surface area contributed by atoms with Crippen molar-refractivity contribution in [2.45, 2.75) is 30.6 Å². The topological polar surface area (TPSA) is 29.1 Å². The van der Waals surface area contributed by atoms with E-state index in [1.807, 2.05) is 24.3 Å². The number of nitrogens with one attached hydrogen (secondary N) is 1. The van der Waals surface area contributed by atoms with Gasteiger partial charge in [0.1, 0.15) is 0 Å². The van der Waals surface area contributed by atoms with Crippen LogP contribution in [0.2, 0.25) is 0 Å². The number of hydrogen-bond acceptors (Lipinski definition) is 1. The van der Waals surface area contributed by atoms with Gasteiger partial charge in [0, 0.05) is 16.9 Å². The summed E-state index contributed by atoms with van der Waals surface area (Å²) >= 11 is 3.41. The van der Waals surface area contributed by atoms with E-state index in [2.05, 4.69) is 45.5 Å². The smallest absolute Gasteiger partial charge is 0.251 e. The first-order valence-corrected chi connectivity index (χ1v) is 8.41. The fourth-order valence-corrected chi connectivity index (χ4v) is 3.21. The zero-order valence-electron chi connectivity index (χ0n) is 11.8. The third-order valence-corrected chi connectivity index (χ3v) is 4.70. The minimum atomic E-state index is 0.0282. The van der Waals surface area contributed by atoms with Crippen molar-refractivity contribution in [3.8, 4) is 0 Å². The Morgan fingerprint density at radius 1 is 1.10 bits per heavy atom. The lowest BCUT2D eigenvalue weighted by Gasteiger charge is -2.25. The summed E-state index contributed by atoms with van der Waals surface area (Å²) in [6, 6.07) is 16.5. The van der Waals surface area contributed by atoms with Gasteiger partial charge in [-0.3, -0.25) is 4.79 Å². The van der Waals surface area contributed by atoms with Gasteiger partial charge in [-0.1, -0.05) is 52.3 Å². The van der Waals surface area contributed by atoms with Gasteiger partial charge in [-0.15, -0.1) is 0 Å². The number of carbonyl (C=O) groups is 1. The van der Waals surface area contributed by atoms with Crippen LogP contribution in [0.5, 0.6) is 0 Å². The van der Waals surface area contributed by atoms with Crippen molar-refractivity contribution in [3.63, 3.8) is 0 Å². The summed E-state index contributed by atoms with van der Waals surface area (Å²) in [6.07, 6.45) is 2.99. The Morgan fingerprint density at radius 3 is 2.52 bits per heavy atom. The molecule has 0 fully saturated rings. The number of fused-ring (bicyclic) bond motifs is 1. The normalized spacial score (nSPS) is 17.1. The summed E-state index contributed by atoms with van der Waals surface area (Å²) in [4.78, 5) is 12.3. The molecule has 1 unspecified atom stereocenters. The van der Waals surface area contributed by atoms with Crippen LogP contribution in [0.15, 0.2) is 48.5 Å². The number of rotatable bonds is 3. The lowest BCUT2D eigenvalue weighted by Crippen LogP contribution is -2.38. The highest BCUT2D eigenvalue weighted by atomic mass is 79.9. The van der Waals surface area contributed by atoms with E-state index in [0.717, 1.165) is 30.2 Å². The van der Waals surface area contributed by atoms with Gasteiger partial charge in [-0.2, -0.15) is 0 Å². The van der Waals surface area contributed by atoms with Crippen molar-refractivity contribution < 1.29 is 4.79 Å². The molecule has 3 rings (SSSR count). The molecule has 1 N–H and O–H groups in total. The van der Waals surface area contributed by atoms with E-state index in [9.17, 15) is 4.79 Å². The molecular formula is C18H18BrNO. The van der Waals surface area contributed by atoms with E-state index in [1.165, 1.54) is 16.7 Å². The Morgan fingerprint density at radius 2 is 1.81 bits per heavy atom. The molecule has 0 aliphatic heterocycles. The van der Waals surface area contributed by atoms with Crippen molar-refractivity contribution in [2.24, 2.45) is 0 Å². The highest BCUT2D eigenvalue weighted by molar-refractivity contribution is 9.08. The predicted octanol–water partition coefficient (Wildman–Crippen LogP) is 3.87. The summed E-state index contributed by atoms with van der Waals surface area (Å²) in [5.41, 5.74) is 4.70. The average Bonchev–Trinajstić information content (AvgIpc) is 2.55. The molecule has 3 heteroatoms. The average molecular weight is 344 g/mol. The monoisotopic (exact) mass is 343 g/mol. The standard InChI is InChI=1S/C18H18BrNO/c19-12-13-5-7-15(8-6-13)18(21)20-17-10-9-14-3-1-2-4-16(14)11-17/h1-8,17H,9-12H2,(H,20,21). The Hall–Kier alpha value is -1.61. The van der Waals surface area contributed by atoms with Gasteiger partial charge in [0.2, 0.25) is 0 Å². The van der Waals surface area contributed by atoms with Crippen molar-refractivity contribution in [2.75, 3.05) is 0 Å². The van der Waals surface area contributed by atoms with E-state index in [-0.39, 0.29) is 11.9 Å². The van der Waals surface area contributed by atoms with Crippen LogP contribution in [0.25, 0.3) is 0 Å². The minimum Gasteiger partial charge on any atom is -0.349 e. The van der Waals surface area contributed by atoms with Gasteiger partial charge in [0.05, 0.1) is 0 Å². The van der Waals surface area contributed by atoms with Crippen LogP contribution in [0.4, 0.5) is 0 Å². The first kappa shape index (κ1) is 14.3. The lowest BCUT2D eigenvalue weighted by atomic mass is 9.88. The molecular weight excluding hydrogens is 326 g/mol. The molecule has 0 spiro atoms. The van der Waals surface area contributed by atoms with Gasteiger partial charge in [0.25, 0.3) is 5.91 Å². The second-order valence-corrected chi connectivity index (χ2v) is 6.07. The van der Waals surface area contributed by atoms with Crippen LogP contribution in [-0.4, -0.2) is 11.9 Å². The molecule has 0 saturated carbocycles. The second kappa shape index (κ2) is 6.44. The van der Waals surface area contributed by atoms with E-state index in [1.54, 1.807) is 0 Å². The van der Waals surface area contributed by atoms with Gasteiger partial charge < -0.3 is 5.32 Å². The van der Waals surface area contributed by atoms with Gasteiger partial charge >= 0.3 is 0 Å². The maximum Gasteiger partial charge on any atom is 0.251 e. The number of carbonyl (C=O) groups excluding carboxylic acids is 1. The molecule has 0 radical (unpaired) electrons. The van der Waals surface area contributed by atoms with Crippen LogP contribution in [0, 0.1) is 0 Å². The number of aryl methyl sites for hydroxylation is 1. The van der Waals surface area contributed by atoms with Crippen molar-refractivity contribution in [1.29, 1.82) is 0 Å². The number of benzene rings is 2. The molecule has 1 amide bonds. The number of halogens is 1. The van der Waals surface area contributed by atoms with Gasteiger partial charge in [-0.25, -0.2) is 0 Å². The van der Waals surface area contributed by atoms with Crippen LogP contribution >= 0.6 is 15.9 Å². The zero-order chi connectivity index (χ0) is 14.7. The maximum atomic E-state index is 12.3. The fourth-order valence-electron chi connectivity index (χ4n) is 2.83. The molecule has 1 aliphatic carbocycles. The molecule has 0 aromatic heterocycles.